The van der Waals surface area contributed by atoms with Crippen LogP contribution >= 0.6 is 0 Å². The van der Waals surface area contributed by atoms with Gasteiger partial charge in [0.05, 0.1) is 0 Å². The first kappa shape index (κ1) is 7.85. The highest BCUT2D eigenvalue weighted by molar-refractivity contribution is 5.38. The van der Waals surface area contributed by atoms with Crippen molar-refractivity contribution in [3.05, 3.63) is 36.5 Å². The van der Waals surface area contributed by atoms with E-state index in [0.29, 0.717) is 0 Å². The van der Waals surface area contributed by atoms with Gasteiger partial charge in [-0.3, -0.25) is 0 Å². The lowest BCUT2D eigenvalue weighted by Crippen LogP contribution is -2.24. The number of allylic oxidation sites excluding steroid dienone is 4. The van der Waals surface area contributed by atoms with Crippen LogP contribution < -0.4 is 0 Å². The van der Waals surface area contributed by atoms with Gasteiger partial charge in [-0.05, 0) is 48.7 Å². The molecule has 0 amide bonds. The summed E-state index contributed by atoms with van der Waals surface area (Å²) in [5.41, 5.74) is 2.99. The molecule has 0 aromatic heterocycles. The molecule has 0 aromatic carbocycles. The molecule has 1 fully saturated rings. The molecular formula is C12H16. The summed E-state index contributed by atoms with van der Waals surface area (Å²) in [5.74, 6) is 1.61. The van der Waals surface area contributed by atoms with E-state index < -0.39 is 0 Å². The van der Waals surface area contributed by atoms with Crippen LogP contribution in [0.1, 0.15) is 25.7 Å². The third-order valence-corrected chi connectivity index (χ3v) is 3.38. The largest absolute Gasteiger partial charge is 0.0988 e. The van der Waals surface area contributed by atoms with Gasteiger partial charge in [-0.1, -0.05) is 25.3 Å². The lowest BCUT2D eigenvalue weighted by atomic mass is 9.67. The van der Waals surface area contributed by atoms with Crippen LogP contribution in [-0.4, -0.2) is 0 Å². The minimum absolute atomic E-state index is 0.806. The Kier molecular flexibility index (Phi) is 1.92. The van der Waals surface area contributed by atoms with Crippen LogP contribution in [0, 0.1) is 11.8 Å². The molecule has 0 nitrogen and oxygen atoms in total. The molecule has 3 aliphatic carbocycles. The predicted molar refractivity (Wildman–Crippen MR) is 52.9 cm³/mol. The van der Waals surface area contributed by atoms with E-state index >= 15 is 0 Å². The smallest absolute Gasteiger partial charge is 0.0159 e. The second-order valence-electron chi connectivity index (χ2n) is 3.87. The lowest BCUT2D eigenvalue weighted by Gasteiger charge is -2.38. The third-order valence-electron chi connectivity index (χ3n) is 3.38. The topological polar surface area (TPSA) is 0 Å². The monoisotopic (exact) mass is 160 g/mol. The van der Waals surface area contributed by atoms with E-state index in [2.05, 4.69) is 13.2 Å². The number of hydrogen-bond acceptors (Lipinski definition) is 0. The fourth-order valence-electron chi connectivity index (χ4n) is 2.76. The Bertz CT molecular complexity index is 211. The maximum absolute atomic E-state index is 3.90. The molecule has 0 spiro atoms. The molecule has 0 heteroatoms. The average molecular weight is 160 g/mol. The van der Waals surface area contributed by atoms with E-state index in [1.807, 2.05) is 12.2 Å². The summed E-state index contributed by atoms with van der Waals surface area (Å²) < 4.78 is 0. The van der Waals surface area contributed by atoms with Crippen LogP contribution in [0.4, 0.5) is 0 Å². The predicted octanol–water partition coefficient (Wildman–Crippen LogP) is 3.48. The van der Waals surface area contributed by atoms with Crippen LogP contribution in [0.25, 0.3) is 0 Å². The summed E-state index contributed by atoms with van der Waals surface area (Å²) in [5, 5.41) is 0. The molecule has 0 aliphatic heterocycles. The lowest BCUT2D eigenvalue weighted by molar-refractivity contribution is 0.306. The Morgan fingerprint density at radius 2 is 1.17 bits per heavy atom. The second-order valence-corrected chi connectivity index (χ2v) is 3.87. The molecule has 0 aromatic rings. The summed E-state index contributed by atoms with van der Waals surface area (Å²) in [6, 6.07) is 0. The van der Waals surface area contributed by atoms with E-state index in [1.165, 1.54) is 36.8 Å². The molecular weight excluding hydrogens is 144 g/mol. The number of hydrogen-bond donors (Lipinski definition) is 0. The highest BCUT2D eigenvalue weighted by atomic mass is 14.4. The van der Waals surface area contributed by atoms with Crippen molar-refractivity contribution in [2.75, 3.05) is 0 Å². The molecule has 0 radical (unpaired) electrons. The Labute approximate surface area is 74.7 Å². The normalized spacial score (nSPS) is 33.7. The van der Waals surface area contributed by atoms with Gasteiger partial charge in [0.15, 0.2) is 0 Å². The third kappa shape index (κ3) is 0.979. The Morgan fingerprint density at radius 1 is 0.833 bits per heavy atom. The molecule has 0 atom stereocenters. The van der Waals surface area contributed by atoms with Gasteiger partial charge in [-0.2, -0.15) is 0 Å². The molecule has 12 heavy (non-hydrogen) atoms. The summed E-state index contributed by atoms with van der Waals surface area (Å²) in [4.78, 5) is 0. The summed E-state index contributed by atoms with van der Waals surface area (Å²) in [7, 11) is 0. The van der Waals surface area contributed by atoms with E-state index in [0.717, 1.165) is 11.8 Å². The molecule has 0 saturated heterocycles. The van der Waals surface area contributed by atoms with Crippen molar-refractivity contribution in [3.8, 4) is 0 Å². The van der Waals surface area contributed by atoms with Gasteiger partial charge in [-0.25, -0.2) is 0 Å². The van der Waals surface area contributed by atoms with Gasteiger partial charge >= 0.3 is 0 Å². The van der Waals surface area contributed by atoms with E-state index in [-0.39, 0.29) is 0 Å². The van der Waals surface area contributed by atoms with Crippen molar-refractivity contribution in [1.82, 2.24) is 0 Å². The molecule has 0 heterocycles. The highest BCUT2D eigenvalue weighted by Crippen LogP contribution is 2.45. The fraction of sp³-hybridized carbons (Fsp3) is 0.500. The van der Waals surface area contributed by atoms with Crippen molar-refractivity contribution in [1.29, 1.82) is 0 Å². The standard InChI is InChI=1S/C12H16/c1-3-11-9-5-7-10(8-6-9)12(11)4-2/h3-4,9-10H,1-2,5-8H2. The minimum Gasteiger partial charge on any atom is -0.0988 e. The zero-order chi connectivity index (χ0) is 8.55. The van der Waals surface area contributed by atoms with Gasteiger partial charge in [-0.15, -0.1) is 0 Å². The first-order valence-electron chi connectivity index (χ1n) is 4.85. The average Bonchev–Trinajstić information content (AvgIpc) is 2.18. The van der Waals surface area contributed by atoms with Crippen LogP contribution in [0.3, 0.4) is 0 Å². The molecule has 3 aliphatic rings. The molecule has 3 rings (SSSR count). The minimum atomic E-state index is 0.806. The summed E-state index contributed by atoms with van der Waals surface area (Å²) >= 11 is 0. The van der Waals surface area contributed by atoms with Crippen LogP contribution in [0.5, 0.6) is 0 Å². The first-order chi connectivity index (χ1) is 5.86. The van der Waals surface area contributed by atoms with Crippen molar-refractivity contribution in [2.45, 2.75) is 25.7 Å². The number of fused-ring (bicyclic) bond motifs is 2. The Balaban J connectivity index is 2.43. The van der Waals surface area contributed by atoms with Crippen molar-refractivity contribution in [3.63, 3.8) is 0 Å². The quantitative estimate of drug-likeness (QED) is 0.580. The van der Waals surface area contributed by atoms with Gasteiger partial charge in [0, 0.05) is 0 Å². The van der Waals surface area contributed by atoms with Crippen LogP contribution in [0.2, 0.25) is 0 Å². The zero-order valence-corrected chi connectivity index (χ0v) is 7.55. The fourth-order valence-corrected chi connectivity index (χ4v) is 2.76. The van der Waals surface area contributed by atoms with Crippen LogP contribution in [-0.2, 0) is 0 Å². The van der Waals surface area contributed by atoms with Gasteiger partial charge < -0.3 is 0 Å². The maximum Gasteiger partial charge on any atom is -0.0159 e. The van der Waals surface area contributed by atoms with Gasteiger partial charge in [0.2, 0.25) is 0 Å². The van der Waals surface area contributed by atoms with E-state index in [1.54, 1.807) is 0 Å². The molecule has 64 valence electrons. The first-order valence-corrected chi connectivity index (χ1v) is 4.85. The van der Waals surface area contributed by atoms with Gasteiger partial charge in [0.25, 0.3) is 0 Å². The van der Waals surface area contributed by atoms with Gasteiger partial charge in [0.1, 0.15) is 0 Å². The Hall–Kier alpha value is -0.780. The van der Waals surface area contributed by atoms with Crippen molar-refractivity contribution in [2.24, 2.45) is 11.8 Å². The molecule has 0 unspecified atom stereocenters. The number of rotatable bonds is 2. The summed E-state index contributed by atoms with van der Waals surface area (Å²) in [6.45, 7) is 7.79. The zero-order valence-electron chi connectivity index (χ0n) is 7.55. The van der Waals surface area contributed by atoms with Crippen molar-refractivity contribution >= 4 is 0 Å². The SMILES string of the molecule is C=CC1=C(C=C)C2CCC1CC2. The highest BCUT2D eigenvalue weighted by Gasteiger charge is 2.31. The van der Waals surface area contributed by atoms with E-state index in [4.69, 9.17) is 0 Å². The molecule has 1 saturated carbocycles. The molecule has 0 N–H and O–H groups in total. The van der Waals surface area contributed by atoms with Crippen LogP contribution in [0.15, 0.2) is 36.5 Å². The second kappa shape index (κ2) is 2.93. The maximum atomic E-state index is 3.90. The van der Waals surface area contributed by atoms with E-state index in [9.17, 15) is 0 Å². The molecule has 2 bridgehead atoms. The van der Waals surface area contributed by atoms with Crippen molar-refractivity contribution < 1.29 is 0 Å². The summed E-state index contributed by atoms with van der Waals surface area (Å²) in [6.07, 6.45) is 9.61. The Morgan fingerprint density at radius 3 is 1.42 bits per heavy atom.